The first-order valence-corrected chi connectivity index (χ1v) is 13.1. The second-order valence-corrected chi connectivity index (χ2v) is 10.8. The van der Waals surface area contributed by atoms with Crippen LogP contribution in [0.25, 0.3) is 0 Å². The van der Waals surface area contributed by atoms with Gasteiger partial charge in [-0.1, -0.05) is 77.5 Å². The normalized spacial score (nSPS) is 12.0. The number of aryl methyl sites for hydroxylation is 1. The molecule has 0 bridgehead atoms. The van der Waals surface area contributed by atoms with E-state index in [4.69, 9.17) is 4.74 Å². The van der Waals surface area contributed by atoms with E-state index in [2.05, 4.69) is 28.2 Å². The van der Waals surface area contributed by atoms with Crippen molar-refractivity contribution in [3.8, 4) is 5.75 Å². The third-order valence-corrected chi connectivity index (χ3v) is 6.26. The summed E-state index contributed by atoms with van der Waals surface area (Å²) < 4.78 is 6.81. The van der Waals surface area contributed by atoms with Crippen LogP contribution in [0.1, 0.15) is 44.4 Å². The molecule has 3 aromatic carbocycles. The molecule has 0 aliphatic heterocycles. The average molecular weight is 552 g/mol. The third kappa shape index (κ3) is 8.52. The van der Waals surface area contributed by atoms with Gasteiger partial charge in [-0.2, -0.15) is 0 Å². The molecule has 0 aromatic heterocycles. The van der Waals surface area contributed by atoms with Crippen molar-refractivity contribution in [2.24, 2.45) is 0 Å². The summed E-state index contributed by atoms with van der Waals surface area (Å²) >= 11 is 3.47. The number of benzene rings is 3. The maximum absolute atomic E-state index is 13.6. The number of nitrogens with one attached hydrogen (secondary N) is 1. The Labute approximate surface area is 223 Å². The fraction of sp³-hybridized carbons (Fsp3) is 0.333. The standard InChI is InChI=1S/C30H35BrN2O3/c1-5-22-13-17-26(18-14-22)36-21-28(34)33(20-24-11-15-25(31)16-12-24)27(29(35)32-30(2,3)4)19-23-9-7-6-8-10-23/h6-18,27H,5,19-21H2,1-4H3,(H,32,35). The Kier molecular flexibility index (Phi) is 9.71. The molecule has 2 amide bonds. The van der Waals surface area contributed by atoms with E-state index < -0.39 is 11.6 Å². The number of carbonyl (C=O) groups excluding carboxylic acids is 2. The van der Waals surface area contributed by atoms with E-state index >= 15 is 0 Å². The van der Waals surface area contributed by atoms with Crippen LogP contribution in [0.5, 0.6) is 5.75 Å². The number of hydrogen-bond donors (Lipinski definition) is 1. The van der Waals surface area contributed by atoms with Crippen molar-refractivity contribution >= 4 is 27.7 Å². The lowest BCUT2D eigenvalue weighted by molar-refractivity contribution is -0.143. The van der Waals surface area contributed by atoms with Crippen LogP contribution in [0.3, 0.4) is 0 Å². The van der Waals surface area contributed by atoms with E-state index in [1.807, 2.05) is 99.6 Å². The first kappa shape index (κ1) is 27.5. The lowest BCUT2D eigenvalue weighted by Crippen LogP contribution is -2.55. The molecule has 0 radical (unpaired) electrons. The van der Waals surface area contributed by atoms with E-state index in [0.717, 1.165) is 22.0 Å². The summed E-state index contributed by atoms with van der Waals surface area (Å²) in [6.07, 6.45) is 1.33. The Balaban J connectivity index is 1.90. The summed E-state index contributed by atoms with van der Waals surface area (Å²) in [5.41, 5.74) is 2.68. The molecule has 1 N–H and O–H groups in total. The van der Waals surface area contributed by atoms with Gasteiger partial charge in [-0.15, -0.1) is 0 Å². The Morgan fingerprint density at radius 1 is 0.889 bits per heavy atom. The van der Waals surface area contributed by atoms with Gasteiger partial charge in [0.25, 0.3) is 5.91 Å². The lowest BCUT2D eigenvalue weighted by atomic mass is 10.0. The molecule has 0 heterocycles. The quantitative estimate of drug-likeness (QED) is 0.339. The molecular weight excluding hydrogens is 516 g/mol. The molecule has 0 aliphatic rings. The molecule has 0 fully saturated rings. The smallest absolute Gasteiger partial charge is 0.261 e. The molecule has 36 heavy (non-hydrogen) atoms. The summed E-state index contributed by atoms with van der Waals surface area (Å²) in [7, 11) is 0. The molecule has 0 saturated heterocycles. The van der Waals surface area contributed by atoms with Crippen LogP contribution in [0, 0.1) is 0 Å². The van der Waals surface area contributed by atoms with Gasteiger partial charge in [-0.25, -0.2) is 0 Å². The fourth-order valence-electron chi connectivity index (χ4n) is 3.84. The molecule has 3 rings (SSSR count). The van der Waals surface area contributed by atoms with E-state index in [0.29, 0.717) is 18.7 Å². The van der Waals surface area contributed by atoms with Crippen LogP contribution >= 0.6 is 15.9 Å². The summed E-state index contributed by atoms with van der Waals surface area (Å²) in [5.74, 6) is 0.189. The van der Waals surface area contributed by atoms with Crippen LogP contribution in [-0.2, 0) is 29.0 Å². The first-order valence-electron chi connectivity index (χ1n) is 12.3. The molecule has 1 atom stereocenters. The molecule has 190 valence electrons. The summed E-state index contributed by atoms with van der Waals surface area (Å²) in [6.45, 7) is 8.04. The van der Waals surface area contributed by atoms with Gasteiger partial charge in [-0.05, 0) is 68.1 Å². The number of ether oxygens (including phenoxy) is 1. The second kappa shape index (κ2) is 12.7. The van der Waals surface area contributed by atoms with Crippen molar-refractivity contribution in [1.29, 1.82) is 0 Å². The molecule has 0 aliphatic carbocycles. The van der Waals surface area contributed by atoms with Crippen molar-refractivity contribution in [3.05, 3.63) is 100 Å². The molecular formula is C30H35BrN2O3. The lowest BCUT2D eigenvalue weighted by Gasteiger charge is -2.33. The van der Waals surface area contributed by atoms with Crippen LogP contribution in [0.15, 0.2) is 83.3 Å². The predicted octanol–water partition coefficient (Wildman–Crippen LogP) is 5.95. The van der Waals surface area contributed by atoms with Crippen molar-refractivity contribution in [1.82, 2.24) is 10.2 Å². The topological polar surface area (TPSA) is 58.6 Å². The van der Waals surface area contributed by atoms with Gasteiger partial charge in [0.15, 0.2) is 6.61 Å². The number of hydrogen-bond acceptors (Lipinski definition) is 3. The highest BCUT2D eigenvalue weighted by atomic mass is 79.9. The zero-order chi connectivity index (χ0) is 26.1. The zero-order valence-electron chi connectivity index (χ0n) is 21.5. The average Bonchev–Trinajstić information content (AvgIpc) is 2.85. The van der Waals surface area contributed by atoms with Crippen LogP contribution < -0.4 is 10.1 Å². The minimum absolute atomic E-state index is 0.157. The van der Waals surface area contributed by atoms with E-state index in [1.54, 1.807) is 4.90 Å². The third-order valence-electron chi connectivity index (χ3n) is 5.73. The highest BCUT2D eigenvalue weighted by molar-refractivity contribution is 9.10. The number of halogens is 1. The van der Waals surface area contributed by atoms with Gasteiger partial charge in [0.2, 0.25) is 5.91 Å². The van der Waals surface area contributed by atoms with Crippen molar-refractivity contribution in [2.45, 2.75) is 58.7 Å². The first-order chi connectivity index (χ1) is 17.1. The summed E-state index contributed by atoms with van der Waals surface area (Å²) in [5, 5.41) is 3.08. The number of carbonyl (C=O) groups is 2. The van der Waals surface area contributed by atoms with E-state index in [1.165, 1.54) is 5.56 Å². The fourth-order valence-corrected chi connectivity index (χ4v) is 4.11. The molecule has 0 saturated carbocycles. The van der Waals surface area contributed by atoms with Crippen LogP contribution in [0.4, 0.5) is 0 Å². The van der Waals surface area contributed by atoms with Crippen molar-refractivity contribution in [3.63, 3.8) is 0 Å². The monoisotopic (exact) mass is 550 g/mol. The highest BCUT2D eigenvalue weighted by Crippen LogP contribution is 2.19. The maximum Gasteiger partial charge on any atom is 0.261 e. The summed E-state index contributed by atoms with van der Waals surface area (Å²) in [4.78, 5) is 28.8. The predicted molar refractivity (Wildman–Crippen MR) is 148 cm³/mol. The Hall–Kier alpha value is -3.12. The molecule has 1 unspecified atom stereocenters. The van der Waals surface area contributed by atoms with Crippen molar-refractivity contribution in [2.75, 3.05) is 6.61 Å². The minimum Gasteiger partial charge on any atom is -0.484 e. The zero-order valence-corrected chi connectivity index (χ0v) is 23.0. The van der Waals surface area contributed by atoms with Gasteiger partial charge in [0.05, 0.1) is 0 Å². The number of rotatable bonds is 10. The number of amides is 2. The van der Waals surface area contributed by atoms with Gasteiger partial charge < -0.3 is 15.0 Å². The van der Waals surface area contributed by atoms with Gasteiger partial charge >= 0.3 is 0 Å². The second-order valence-electron chi connectivity index (χ2n) is 9.88. The summed E-state index contributed by atoms with van der Waals surface area (Å²) in [6, 6.07) is 24.6. The Bertz CT molecular complexity index is 1120. The van der Waals surface area contributed by atoms with E-state index in [-0.39, 0.29) is 18.4 Å². The molecule has 6 heteroatoms. The molecule has 0 spiro atoms. The SMILES string of the molecule is CCc1ccc(OCC(=O)N(Cc2ccc(Br)cc2)C(Cc2ccccc2)C(=O)NC(C)(C)C)cc1. The van der Waals surface area contributed by atoms with Gasteiger partial charge in [-0.3, -0.25) is 9.59 Å². The molecule has 5 nitrogen and oxygen atoms in total. The largest absolute Gasteiger partial charge is 0.484 e. The Morgan fingerprint density at radius 2 is 1.50 bits per heavy atom. The maximum atomic E-state index is 13.6. The Morgan fingerprint density at radius 3 is 2.08 bits per heavy atom. The van der Waals surface area contributed by atoms with E-state index in [9.17, 15) is 9.59 Å². The van der Waals surface area contributed by atoms with Crippen LogP contribution in [-0.4, -0.2) is 34.9 Å². The molecule has 3 aromatic rings. The van der Waals surface area contributed by atoms with Crippen LogP contribution in [0.2, 0.25) is 0 Å². The van der Waals surface area contributed by atoms with Gasteiger partial charge in [0.1, 0.15) is 11.8 Å². The van der Waals surface area contributed by atoms with Gasteiger partial charge in [0, 0.05) is 23.0 Å². The van der Waals surface area contributed by atoms with Crippen molar-refractivity contribution < 1.29 is 14.3 Å². The number of nitrogens with zero attached hydrogens (tertiary/aromatic N) is 1. The minimum atomic E-state index is -0.700. The highest BCUT2D eigenvalue weighted by Gasteiger charge is 2.32.